The molecule has 0 saturated carbocycles. The number of rotatable bonds is 11. The first-order valence-corrected chi connectivity index (χ1v) is 15.6. The Labute approximate surface area is 269 Å². The molecule has 0 aliphatic carbocycles. The number of amides is 3. The summed E-state index contributed by atoms with van der Waals surface area (Å²) in [6, 6.07) is 36.7. The Morgan fingerprint density at radius 1 is 0.822 bits per heavy atom. The maximum Gasteiger partial charge on any atom is 0.266 e. The third kappa shape index (κ3) is 8.17. The van der Waals surface area contributed by atoms with Gasteiger partial charge in [-0.1, -0.05) is 72.8 Å². The van der Waals surface area contributed by atoms with Gasteiger partial charge in [-0.15, -0.1) is 23.1 Å². The third-order valence-electron chi connectivity index (χ3n) is 6.56. The topological polar surface area (TPSA) is 120 Å². The SMILES string of the molecule is Cc1c(C(=O)Nc2ccccc2)sc(NC(=O)C(Sc2cccc(NC(=O)COc3ccccc3)c2)c2ccccc2)c1C#N. The minimum Gasteiger partial charge on any atom is -0.484 e. The molecule has 45 heavy (non-hydrogen) atoms. The molecule has 0 fully saturated rings. The van der Waals surface area contributed by atoms with Gasteiger partial charge in [-0.3, -0.25) is 14.4 Å². The van der Waals surface area contributed by atoms with Gasteiger partial charge in [0.15, 0.2) is 6.61 Å². The van der Waals surface area contributed by atoms with E-state index in [1.807, 2.05) is 72.8 Å². The van der Waals surface area contributed by atoms with E-state index in [1.54, 1.807) is 49.4 Å². The first-order valence-electron chi connectivity index (χ1n) is 13.9. The molecular formula is C35H28N4O4S2. The van der Waals surface area contributed by atoms with Crippen LogP contribution in [0.15, 0.2) is 120 Å². The van der Waals surface area contributed by atoms with Crippen LogP contribution in [0.1, 0.15) is 31.6 Å². The molecule has 0 bridgehead atoms. The number of anilines is 3. The zero-order valence-corrected chi connectivity index (χ0v) is 25.8. The molecule has 0 saturated heterocycles. The van der Waals surface area contributed by atoms with E-state index in [-0.39, 0.29) is 29.9 Å². The van der Waals surface area contributed by atoms with Crippen molar-refractivity contribution in [2.24, 2.45) is 0 Å². The number of hydrogen-bond acceptors (Lipinski definition) is 7. The molecule has 0 radical (unpaired) electrons. The van der Waals surface area contributed by atoms with Crippen LogP contribution in [0.4, 0.5) is 16.4 Å². The molecule has 1 heterocycles. The van der Waals surface area contributed by atoms with Gasteiger partial charge in [-0.25, -0.2) is 0 Å². The molecule has 0 spiro atoms. The predicted octanol–water partition coefficient (Wildman–Crippen LogP) is 7.67. The standard InChI is InChI=1S/C35H28N4O4S2/c1-23-29(21-36)35(45-31(23)33(41)38-25-14-7-3-8-15-25)39-34(42)32(24-12-5-2-6-13-24)44-28-19-11-16-26(20-28)37-30(40)22-43-27-17-9-4-10-18-27/h2-20,32H,22H2,1H3,(H,37,40)(H,38,41)(H,39,42). The smallest absolute Gasteiger partial charge is 0.266 e. The van der Waals surface area contributed by atoms with Crippen molar-refractivity contribution >= 4 is 57.2 Å². The summed E-state index contributed by atoms with van der Waals surface area (Å²) in [6.45, 7) is 1.54. The van der Waals surface area contributed by atoms with Gasteiger partial charge >= 0.3 is 0 Å². The summed E-state index contributed by atoms with van der Waals surface area (Å²) in [5.41, 5.74) is 2.67. The lowest BCUT2D eigenvalue weighted by molar-refractivity contribution is -0.118. The van der Waals surface area contributed by atoms with Crippen molar-refractivity contribution in [2.75, 3.05) is 22.6 Å². The highest BCUT2D eigenvalue weighted by Gasteiger charge is 2.27. The number of thioether (sulfide) groups is 1. The van der Waals surface area contributed by atoms with Gasteiger partial charge in [0.25, 0.3) is 11.8 Å². The van der Waals surface area contributed by atoms with Crippen LogP contribution in [0.25, 0.3) is 0 Å². The normalized spacial score (nSPS) is 11.1. The maximum atomic E-state index is 13.8. The van der Waals surface area contributed by atoms with Crippen LogP contribution >= 0.6 is 23.1 Å². The van der Waals surface area contributed by atoms with Crippen molar-refractivity contribution < 1.29 is 19.1 Å². The zero-order chi connectivity index (χ0) is 31.6. The van der Waals surface area contributed by atoms with Crippen molar-refractivity contribution in [3.8, 4) is 11.8 Å². The zero-order valence-electron chi connectivity index (χ0n) is 24.2. The molecule has 224 valence electrons. The summed E-state index contributed by atoms with van der Waals surface area (Å²) in [5.74, 6) is -0.437. The molecule has 5 aromatic rings. The number of nitriles is 1. The van der Waals surface area contributed by atoms with E-state index in [0.717, 1.165) is 21.8 Å². The lowest BCUT2D eigenvalue weighted by atomic mass is 10.1. The van der Waals surface area contributed by atoms with Crippen LogP contribution in [0.5, 0.6) is 5.75 Å². The number of para-hydroxylation sites is 2. The van der Waals surface area contributed by atoms with Crippen molar-refractivity contribution in [2.45, 2.75) is 17.1 Å². The van der Waals surface area contributed by atoms with Crippen molar-refractivity contribution in [3.05, 3.63) is 137 Å². The fraction of sp³-hybridized carbons (Fsp3) is 0.0857. The summed E-state index contributed by atoms with van der Waals surface area (Å²) in [5, 5.41) is 18.1. The summed E-state index contributed by atoms with van der Waals surface area (Å²) >= 11 is 2.36. The largest absolute Gasteiger partial charge is 0.484 e. The molecule has 10 heteroatoms. The summed E-state index contributed by atoms with van der Waals surface area (Å²) in [4.78, 5) is 40.5. The van der Waals surface area contributed by atoms with E-state index in [1.165, 1.54) is 11.8 Å². The number of carbonyl (C=O) groups excluding carboxylic acids is 3. The average molecular weight is 633 g/mol. The van der Waals surface area contributed by atoms with Gasteiger partial charge < -0.3 is 20.7 Å². The summed E-state index contributed by atoms with van der Waals surface area (Å²) < 4.78 is 5.54. The van der Waals surface area contributed by atoms with Crippen LogP contribution in [-0.2, 0) is 9.59 Å². The lowest BCUT2D eigenvalue weighted by Crippen LogP contribution is -2.20. The Bertz CT molecular complexity index is 1840. The Morgan fingerprint density at radius 2 is 1.47 bits per heavy atom. The molecular weight excluding hydrogens is 605 g/mol. The molecule has 1 atom stereocenters. The third-order valence-corrected chi connectivity index (χ3v) is 9.01. The second-order valence-electron chi connectivity index (χ2n) is 9.77. The number of nitrogens with one attached hydrogen (secondary N) is 3. The fourth-order valence-electron chi connectivity index (χ4n) is 4.39. The summed E-state index contributed by atoms with van der Waals surface area (Å²) in [6.07, 6.45) is 0. The molecule has 0 aliphatic heterocycles. The molecule has 3 N–H and O–H groups in total. The molecule has 1 unspecified atom stereocenters. The highest BCUT2D eigenvalue weighted by molar-refractivity contribution is 8.00. The summed E-state index contributed by atoms with van der Waals surface area (Å²) in [7, 11) is 0. The van der Waals surface area contributed by atoms with E-state index in [2.05, 4.69) is 22.0 Å². The Hall–Kier alpha value is -5.37. The predicted molar refractivity (Wildman–Crippen MR) is 179 cm³/mol. The van der Waals surface area contributed by atoms with Crippen LogP contribution < -0.4 is 20.7 Å². The van der Waals surface area contributed by atoms with E-state index >= 15 is 0 Å². The minimum atomic E-state index is -0.700. The van der Waals surface area contributed by atoms with Crippen LogP contribution in [0, 0.1) is 18.3 Å². The van der Waals surface area contributed by atoms with Crippen LogP contribution in [-0.4, -0.2) is 24.3 Å². The number of hydrogen-bond donors (Lipinski definition) is 3. The number of benzene rings is 4. The van der Waals surface area contributed by atoms with E-state index in [9.17, 15) is 19.6 Å². The number of ether oxygens (including phenoxy) is 1. The van der Waals surface area contributed by atoms with Crippen LogP contribution in [0.3, 0.4) is 0 Å². The Balaban J connectivity index is 1.32. The first kappa shape index (κ1) is 31.1. The van der Waals surface area contributed by atoms with Gasteiger partial charge in [-0.05, 0) is 60.5 Å². The quantitative estimate of drug-likeness (QED) is 0.129. The van der Waals surface area contributed by atoms with Crippen molar-refractivity contribution in [1.82, 2.24) is 0 Å². The number of carbonyl (C=O) groups is 3. The van der Waals surface area contributed by atoms with Gasteiger partial charge in [-0.2, -0.15) is 5.26 Å². The minimum absolute atomic E-state index is 0.150. The number of nitrogens with zero attached hydrogens (tertiary/aromatic N) is 1. The Kier molecular flexibility index (Phi) is 10.3. The highest BCUT2D eigenvalue weighted by atomic mass is 32.2. The van der Waals surface area contributed by atoms with Gasteiger partial charge in [0.2, 0.25) is 5.91 Å². The first-order chi connectivity index (χ1) is 21.9. The molecule has 5 rings (SSSR count). The van der Waals surface area contributed by atoms with E-state index in [0.29, 0.717) is 32.6 Å². The van der Waals surface area contributed by atoms with E-state index in [4.69, 9.17) is 4.74 Å². The van der Waals surface area contributed by atoms with Crippen LogP contribution in [0.2, 0.25) is 0 Å². The second-order valence-corrected chi connectivity index (χ2v) is 12.0. The fourth-order valence-corrected chi connectivity index (χ4v) is 6.53. The molecule has 1 aromatic heterocycles. The van der Waals surface area contributed by atoms with Gasteiger partial charge in [0.05, 0.1) is 10.4 Å². The van der Waals surface area contributed by atoms with Gasteiger partial charge in [0, 0.05) is 16.3 Å². The van der Waals surface area contributed by atoms with Crippen molar-refractivity contribution in [1.29, 1.82) is 5.26 Å². The lowest BCUT2D eigenvalue weighted by Gasteiger charge is -2.17. The van der Waals surface area contributed by atoms with E-state index < -0.39 is 5.25 Å². The monoisotopic (exact) mass is 632 g/mol. The average Bonchev–Trinajstić information content (AvgIpc) is 3.38. The van der Waals surface area contributed by atoms with Crippen molar-refractivity contribution in [3.63, 3.8) is 0 Å². The molecule has 8 nitrogen and oxygen atoms in total. The number of thiophene rings is 1. The Morgan fingerprint density at radius 3 is 2.16 bits per heavy atom. The van der Waals surface area contributed by atoms with Gasteiger partial charge in [0.1, 0.15) is 22.1 Å². The highest BCUT2D eigenvalue weighted by Crippen LogP contribution is 2.39. The maximum absolute atomic E-state index is 13.8. The molecule has 4 aromatic carbocycles. The molecule has 0 aliphatic rings. The second kappa shape index (κ2) is 14.9. The molecule has 3 amide bonds.